The Labute approximate surface area is 100 Å². The van der Waals surface area contributed by atoms with Crippen molar-refractivity contribution < 1.29 is 9.18 Å². The molecule has 2 amide bonds. The number of para-hydroxylation sites is 1. The molecule has 0 saturated heterocycles. The van der Waals surface area contributed by atoms with Gasteiger partial charge in [0.25, 0.3) is 0 Å². The number of amides is 2. The van der Waals surface area contributed by atoms with Crippen molar-refractivity contribution in [3.63, 3.8) is 0 Å². The summed E-state index contributed by atoms with van der Waals surface area (Å²) in [6, 6.07) is 5.34. The van der Waals surface area contributed by atoms with Gasteiger partial charge in [-0.05, 0) is 25.5 Å². The summed E-state index contributed by atoms with van der Waals surface area (Å²) in [6.07, 6.45) is 0.700. The normalized spacial score (nSPS) is 11.0. The maximum atomic E-state index is 13.2. The van der Waals surface area contributed by atoms with Gasteiger partial charge in [0.05, 0.1) is 11.7 Å². The number of halogens is 1. The molecule has 0 aromatic heterocycles. The van der Waals surface area contributed by atoms with Crippen molar-refractivity contribution >= 4 is 11.7 Å². The third kappa shape index (κ3) is 4.15. The molecule has 0 aliphatic carbocycles. The van der Waals surface area contributed by atoms with Crippen molar-refractivity contribution in [2.24, 2.45) is 0 Å². The number of nitrogens with one attached hydrogen (secondary N) is 2. The Bertz CT molecular complexity index is 448. The Morgan fingerprint density at radius 1 is 1.47 bits per heavy atom. The van der Waals surface area contributed by atoms with Crippen LogP contribution in [-0.4, -0.2) is 12.1 Å². The summed E-state index contributed by atoms with van der Waals surface area (Å²) in [5.74, 6) is 5.12. The maximum Gasteiger partial charge on any atom is 0.320 e. The van der Waals surface area contributed by atoms with E-state index < -0.39 is 11.8 Å². The van der Waals surface area contributed by atoms with Crippen LogP contribution in [0.2, 0.25) is 0 Å². The Morgan fingerprint density at radius 3 is 2.76 bits per heavy atom. The summed E-state index contributed by atoms with van der Waals surface area (Å²) >= 11 is 0. The minimum atomic E-state index is -0.461. The van der Waals surface area contributed by atoms with Crippen LogP contribution >= 0.6 is 0 Å². The second-order valence-electron chi connectivity index (χ2n) is 3.43. The maximum absolute atomic E-state index is 13.2. The van der Waals surface area contributed by atoms with Crippen molar-refractivity contribution in [3.05, 3.63) is 30.1 Å². The molecule has 2 N–H and O–H groups in total. The molecule has 0 fully saturated rings. The second kappa shape index (κ2) is 6.54. The number of anilines is 1. The van der Waals surface area contributed by atoms with E-state index in [2.05, 4.69) is 22.5 Å². The summed E-state index contributed by atoms with van der Waals surface area (Å²) in [7, 11) is 0. The fraction of sp³-hybridized carbons (Fsp3) is 0.308. The molecule has 0 bridgehead atoms. The van der Waals surface area contributed by atoms with Gasteiger partial charge in [0, 0.05) is 0 Å². The topological polar surface area (TPSA) is 41.1 Å². The van der Waals surface area contributed by atoms with Gasteiger partial charge in [-0.15, -0.1) is 5.92 Å². The lowest BCUT2D eigenvalue weighted by atomic mass is 10.2. The van der Waals surface area contributed by atoms with Crippen LogP contribution in [-0.2, 0) is 0 Å². The number of urea groups is 1. The average molecular weight is 234 g/mol. The summed E-state index contributed by atoms with van der Waals surface area (Å²) in [6.45, 7) is 3.62. The van der Waals surface area contributed by atoms with Gasteiger partial charge in [0.2, 0.25) is 0 Å². The third-order valence-corrected chi connectivity index (χ3v) is 2.15. The quantitative estimate of drug-likeness (QED) is 0.776. The zero-order valence-corrected chi connectivity index (χ0v) is 9.88. The molecule has 0 saturated carbocycles. The average Bonchev–Trinajstić information content (AvgIpc) is 2.31. The summed E-state index contributed by atoms with van der Waals surface area (Å²) in [5.41, 5.74) is 0.157. The predicted molar refractivity (Wildman–Crippen MR) is 66.1 cm³/mol. The van der Waals surface area contributed by atoms with Crippen LogP contribution in [0.1, 0.15) is 20.3 Å². The van der Waals surface area contributed by atoms with E-state index >= 15 is 0 Å². The van der Waals surface area contributed by atoms with E-state index in [-0.39, 0.29) is 11.7 Å². The first-order valence-electron chi connectivity index (χ1n) is 5.41. The Balaban J connectivity index is 2.60. The molecule has 4 heteroatoms. The second-order valence-corrected chi connectivity index (χ2v) is 3.43. The monoisotopic (exact) mass is 234 g/mol. The Hall–Kier alpha value is -2.02. The van der Waals surface area contributed by atoms with Gasteiger partial charge in [-0.25, -0.2) is 9.18 Å². The molecule has 0 heterocycles. The predicted octanol–water partition coefficient (Wildman–Crippen LogP) is 2.75. The van der Waals surface area contributed by atoms with Crippen molar-refractivity contribution in [2.45, 2.75) is 26.3 Å². The largest absolute Gasteiger partial charge is 0.324 e. The number of carbonyl (C=O) groups is 1. The van der Waals surface area contributed by atoms with Crippen LogP contribution in [0.25, 0.3) is 0 Å². The third-order valence-electron chi connectivity index (χ3n) is 2.15. The standard InChI is InChI=1S/C13H15FN2O/c1-3-7-10(4-2)15-13(17)16-12-9-6-5-8-11(12)14/h5-6,8-10H,4H2,1-2H3,(H2,15,16,17). The molecule has 1 unspecified atom stereocenters. The zero-order valence-electron chi connectivity index (χ0n) is 9.88. The number of benzene rings is 1. The van der Waals surface area contributed by atoms with Crippen LogP contribution in [0.5, 0.6) is 0 Å². The highest BCUT2D eigenvalue weighted by molar-refractivity contribution is 5.89. The minimum absolute atomic E-state index is 0.157. The van der Waals surface area contributed by atoms with Gasteiger partial charge in [0.1, 0.15) is 5.82 Å². The van der Waals surface area contributed by atoms with Gasteiger partial charge in [-0.2, -0.15) is 0 Å². The number of hydrogen-bond acceptors (Lipinski definition) is 1. The molecular formula is C13H15FN2O. The van der Waals surface area contributed by atoms with Crippen molar-refractivity contribution in [1.82, 2.24) is 5.32 Å². The molecule has 0 aliphatic heterocycles. The highest BCUT2D eigenvalue weighted by Crippen LogP contribution is 2.11. The molecule has 1 aromatic carbocycles. The molecule has 1 aromatic rings. The van der Waals surface area contributed by atoms with E-state index in [0.29, 0.717) is 6.42 Å². The SMILES string of the molecule is CC#CC(CC)NC(=O)Nc1ccccc1F. The Kier molecular flexibility index (Phi) is 5.02. The molecule has 1 rings (SSSR count). The van der Waals surface area contributed by atoms with Crippen molar-refractivity contribution in [1.29, 1.82) is 0 Å². The first kappa shape index (κ1) is 13.0. The number of rotatable bonds is 3. The van der Waals surface area contributed by atoms with Gasteiger partial charge >= 0.3 is 6.03 Å². The van der Waals surface area contributed by atoms with Crippen LogP contribution in [0.4, 0.5) is 14.9 Å². The highest BCUT2D eigenvalue weighted by atomic mass is 19.1. The number of carbonyl (C=O) groups excluding carboxylic acids is 1. The molecule has 3 nitrogen and oxygen atoms in total. The first-order chi connectivity index (χ1) is 8.17. The summed E-state index contributed by atoms with van der Waals surface area (Å²) in [5, 5.41) is 5.09. The number of hydrogen-bond donors (Lipinski definition) is 2. The van der Waals surface area contributed by atoms with E-state index in [1.165, 1.54) is 12.1 Å². The van der Waals surface area contributed by atoms with E-state index in [1.54, 1.807) is 19.1 Å². The zero-order chi connectivity index (χ0) is 12.7. The lowest BCUT2D eigenvalue weighted by Gasteiger charge is -2.12. The van der Waals surface area contributed by atoms with Gasteiger partial charge in [-0.1, -0.05) is 25.0 Å². The van der Waals surface area contributed by atoms with Crippen LogP contribution < -0.4 is 10.6 Å². The van der Waals surface area contributed by atoms with E-state index in [0.717, 1.165) is 0 Å². The van der Waals surface area contributed by atoms with Crippen LogP contribution in [0.3, 0.4) is 0 Å². The van der Waals surface area contributed by atoms with E-state index in [4.69, 9.17) is 0 Å². The van der Waals surface area contributed by atoms with Gasteiger partial charge in [-0.3, -0.25) is 0 Å². The van der Waals surface area contributed by atoms with Crippen LogP contribution in [0, 0.1) is 17.7 Å². The highest BCUT2D eigenvalue weighted by Gasteiger charge is 2.09. The van der Waals surface area contributed by atoms with Crippen molar-refractivity contribution in [2.75, 3.05) is 5.32 Å². The molecular weight excluding hydrogens is 219 g/mol. The molecule has 0 spiro atoms. The first-order valence-corrected chi connectivity index (χ1v) is 5.41. The van der Waals surface area contributed by atoms with Crippen LogP contribution in [0.15, 0.2) is 24.3 Å². The minimum Gasteiger partial charge on any atom is -0.324 e. The van der Waals surface area contributed by atoms with E-state index in [9.17, 15) is 9.18 Å². The molecule has 0 aliphatic rings. The molecule has 0 radical (unpaired) electrons. The molecule has 1 atom stereocenters. The fourth-order valence-corrected chi connectivity index (χ4v) is 1.29. The molecule has 90 valence electrons. The molecule has 17 heavy (non-hydrogen) atoms. The van der Waals surface area contributed by atoms with Gasteiger partial charge < -0.3 is 10.6 Å². The smallest absolute Gasteiger partial charge is 0.320 e. The lowest BCUT2D eigenvalue weighted by molar-refractivity contribution is 0.250. The Morgan fingerprint density at radius 2 is 2.18 bits per heavy atom. The summed E-state index contributed by atoms with van der Waals surface area (Å²) < 4.78 is 13.2. The summed E-state index contributed by atoms with van der Waals surface area (Å²) in [4.78, 5) is 11.6. The fourth-order valence-electron chi connectivity index (χ4n) is 1.29. The van der Waals surface area contributed by atoms with Gasteiger partial charge in [0.15, 0.2) is 0 Å². The van der Waals surface area contributed by atoms with Crippen molar-refractivity contribution in [3.8, 4) is 11.8 Å². The van der Waals surface area contributed by atoms with E-state index in [1.807, 2.05) is 6.92 Å². The lowest BCUT2D eigenvalue weighted by Crippen LogP contribution is -2.36.